The number of nitrogens with zero attached hydrogens (tertiary/aromatic N) is 3. The first-order chi connectivity index (χ1) is 19.7. The molecular weight excluding hydrogens is 486 g/mol. The molecule has 0 saturated carbocycles. The summed E-state index contributed by atoms with van der Waals surface area (Å²) in [6, 6.07) is 46.2. The molecule has 2 aliphatic heterocycles. The maximum absolute atomic E-state index is 4.67. The van der Waals surface area contributed by atoms with E-state index < -0.39 is 0 Å². The van der Waals surface area contributed by atoms with Crippen LogP contribution in [0.3, 0.4) is 0 Å². The summed E-state index contributed by atoms with van der Waals surface area (Å²) in [4.78, 5) is 9.61. The lowest BCUT2D eigenvalue weighted by Crippen LogP contribution is -2.35. The van der Waals surface area contributed by atoms with Crippen molar-refractivity contribution in [3.05, 3.63) is 150 Å². The summed E-state index contributed by atoms with van der Waals surface area (Å²) in [6.45, 7) is 2.42. The van der Waals surface area contributed by atoms with Gasteiger partial charge in [0.2, 0.25) is 0 Å². The van der Waals surface area contributed by atoms with Crippen LogP contribution in [-0.2, 0) is 5.41 Å². The van der Waals surface area contributed by atoms with Gasteiger partial charge in [0.15, 0.2) is 0 Å². The number of para-hydroxylation sites is 2. The molecule has 0 spiro atoms. The number of hydrogen-bond acceptors (Lipinski definition) is 3. The number of hydrogen-bond donors (Lipinski definition) is 0. The van der Waals surface area contributed by atoms with Crippen LogP contribution >= 0.6 is 0 Å². The molecule has 3 heteroatoms. The van der Waals surface area contributed by atoms with Crippen molar-refractivity contribution in [2.45, 2.75) is 12.3 Å². The van der Waals surface area contributed by atoms with Crippen LogP contribution in [0, 0.1) is 0 Å². The summed E-state index contributed by atoms with van der Waals surface area (Å²) >= 11 is 0. The van der Waals surface area contributed by atoms with E-state index in [-0.39, 0.29) is 5.41 Å². The number of rotatable bonds is 2. The molecule has 0 bridgehead atoms. The van der Waals surface area contributed by atoms with Crippen molar-refractivity contribution in [2.24, 2.45) is 0 Å². The first kappa shape index (κ1) is 21.7. The van der Waals surface area contributed by atoms with Crippen LogP contribution in [0.1, 0.15) is 23.6 Å². The quantitative estimate of drug-likeness (QED) is 0.230. The molecule has 9 rings (SSSR count). The minimum Gasteiger partial charge on any atom is -0.306 e. The van der Waals surface area contributed by atoms with E-state index in [1.807, 2.05) is 12.3 Å². The molecule has 3 aliphatic rings. The van der Waals surface area contributed by atoms with E-state index in [0.29, 0.717) is 0 Å². The number of anilines is 6. The van der Waals surface area contributed by atoms with Gasteiger partial charge in [-0.2, -0.15) is 0 Å². The average Bonchev–Trinajstić information content (AvgIpc) is 3.30. The highest BCUT2D eigenvalue weighted by Gasteiger charge is 2.51. The van der Waals surface area contributed by atoms with Crippen LogP contribution in [0.25, 0.3) is 22.4 Å². The smallest absolute Gasteiger partial charge is 0.0754 e. The Bertz CT molecular complexity index is 1980. The maximum Gasteiger partial charge on any atom is 0.0754 e. The fourth-order valence-electron chi connectivity index (χ4n) is 7.32. The van der Waals surface area contributed by atoms with Gasteiger partial charge in [0.05, 0.1) is 34.1 Å². The predicted octanol–water partition coefficient (Wildman–Crippen LogP) is 9.65. The summed E-state index contributed by atoms with van der Waals surface area (Å²) in [5, 5.41) is 0. The van der Waals surface area contributed by atoms with Gasteiger partial charge in [-0.1, -0.05) is 78.9 Å². The van der Waals surface area contributed by atoms with Crippen molar-refractivity contribution in [3.63, 3.8) is 0 Å². The van der Waals surface area contributed by atoms with E-state index in [1.165, 1.54) is 50.6 Å². The summed E-state index contributed by atoms with van der Waals surface area (Å²) in [5.41, 5.74) is 15.8. The summed E-state index contributed by atoms with van der Waals surface area (Å²) < 4.78 is 0. The lowest BCUT2D eigenvalue weighted by Gasteiger charge is -2.48. The largest absolute Gasteiger partial charge is 0.306 e. The Morgan fingerprint density at radius 3 is 2.15 bits per heavy atom. The third-order valence-corrected chi connectivity index (χ3v) is 8.99. The maximum atomic E-state index is 4.67. The van der Waals surface area contributed by atoms with Gasteiger partial charge in [-0.3, -0.25) is 4.98 Å². The first-order valence-electron chi connectivity index (χ1n) is 13.8. The molecule has 0 amide bonds. The summed E-state index contributed by atoms with van der Waals surface area (Å²) in [7, 11) is 0. The lowest BCUT2D eigenvalue weighted by atomic mass is 9.70. The van der Waals surface area contributed by atoms with Crippen molar-refractivity contribution in [1.82, 2.24) is 4.98 Å². The third kappa shape index (κ3) is 2.62. The average molecular weight is 512 g/mol. The molecule has 0 fully saturated rings. The molecule has 3 heterocycles. The van der Waals surface area contributed by atoms with Gasteiger partial charge >= 0.3 is 0 Å². The molecule has 5 aromatic carbocycles. The molecular formula is C37H25N3. The van der Waals surface area contributed by atoms with Gasteiger partial charge < -0.3 is 9.80 Å². The zero-order chi connectivity index (χ0) is 26.4. The van der Waals surface area contributed by atoms with Gasteiger partial charge in [-0.15, -0.1) is 0 Å². The van der Waals surface area contributed by atoms with E-state index in [2.05, 4.69) is 143 Å². The van der Waals surface area contributed by atoms with Crippen LogP contribution in [0.15, 0.2) is 134 Å². The molecule has 1 unspecified atom stereocenters. The van der Waals surface area contributed by atoms with E-state index in [9.17, 15) is 0 Å². The zero-order valence-corrected chi connectivity index (χ0v) is 22.0. The summed E-state index contributed by atoms with van der Waals surface area (Å²) in [5.74, 6) is 0. The highest BCUT2D eigenvalue weighted by atomic mass is 15.3. The molecule has 1 aliphatic carbocycles. The second-order valence-corrected chi connectivity index (χ2v) is 11.0. The van der Waals surface area contributed by atoms with Crippen LogP contribution in [0.2, 0.25) is 0 Å². The monoisotopic (exact) mass is 511 g/mol. The molecule has 0 N–H and O–H groups in total. The molecule has 0 radical (unpaired) electrons. The normalized spacial score (nSPS) is 17.1. The zero-order valence-electron chi connectivity index (χ0n) is 22.0. The van der Waals surface area contributed by atoms with Crippen LogP contribution in [0.4, 0.5) is 34.1 Å². The second kappa shape index (κ2) is 7.71. The second-order valence-electron chi connectivity index (χ2n) is 11.0. The first-order valence-corrected chi connectivity index (χ1v) is 13.8. The van der Waals surface area contributed by atoms with Crippen molar-refractivity contribution in [2.75, 3.05) is 9.80 Å². The van der Waals surface area contributed by atoms with Crippen molar-refractivity contribution in [1.29, 1.82) is 0 Å². The molecule has 1 aromatic heterocycles. The highest BCUT2D eigenvalue weighted by molar-refractivity contribution is 6.09. The van der Waals surface area contributed by atoms with Gasteiger partial charge in [0.1, 0.15) is 0 Å². The van der Waals surface area contributed by atoms with E-state index in [1.54, 1.807) is 0 Å². The Balaban J connectivity index is 1.41. The Kier molecular flexibility index (Phi) is 4.19. The predicted molar refractivity (Wildman–Crippen MR) is 164 cm³/mol. The Morgan fingerprint density at radius 2 is 1.30 bits per heavy atom. The van der Waals surface area contributed by atoms with Gasteiger partial charge in [-0.05, 0) is 77.7 Å². The van der Waals surface area contributed by atoms with Crippen molar-refractivity contribution >= 4 is 34.1 Å². The van der Waals surface area contributed by atoms with Crippen molar-refractivity contribution < 1.29 is 0 Å². The molecule has 6 aromatic rings. The van der Waals surface area contributed by atoms with Crippen LogP contribution < -0.4 is 9.80 Å². The minimum atomic E-state index is -0.238. The van der Waals surface area contributed by atoms with E-state index in [4.69, 9.17) is 0 Å². The van der Waals surface area contributed by atoms with Crippen LogP contribution in [-0.4, -0.2) is 4.98 Å². The minimum absolute atomic E-state index is 0.238. The lowest BCUT2D eigenvalue weighted by molar-refractivity contribution is 0.701. The van der Waals surface area contributed by atoms with Gasteiger partial charge in [-0.25, -0.2) is 0 Å². The van der Waals surface area contributed by atoms with E-state index in [0.717, 1.165) is 22.6 Å². The Labute approximate surface area is 233 Å². The number of benzene rings is 5. The topological polar surface area (TPSA) is 19.4 Å². The number of pyridine rings is 1. The number of aromatic nitrogens is 1. The van der Waals surface area contributed by atoms with Gasteiger partial charge in [0, 0.05) is 28.4 Å². The fourth-order valence-corrected chi connectivity index (χ4v) is 7.32. The SMILES string of the molecule is CC12c3ccccc3-c3ccc4c(c31)N(c1ccc(-c3ccccn3)cc1N4c1ccccc1)c1ccccc12. The number of fused-ring (bicyclic) bond motifs is 8. The molecule has 40 heavy (non-hydrogen) atoms. The third-order valence-electron chi connectivity index (χ3n) is 8.99. The Morgan fingerprint density at radius 1 is 0.550 bits per heavy atom. The molecule has 0 saturated heterocycles. The molecule has 3 nitrogen and oxygen atoms in total. The highest BCUT2D eigenvalue weighted by Crippen LogP contribution is 2.67. The van der Waals surface area contributed by atoms with Crippen molar-refractivity contribution in [3.8, 4) is 22.4 Å². The Hall–Kier alpha value is -5.15. The standard InChI is InChI=1S/C37H25N3/c1-37-28-14-6-5-13-26(28)27-19-21-33-36(35(27)37)40(31-17-8-7-15-29(31)37)32-20-18-24(30-16-9-10-22-38-30)23-34(32)39(33)25-11-3-2-4-12-25/h2-23H,1H3. The van der Waals surface area contributed by atoms with Crippen LogP contribution in [0.5, 0.6) is 0 Å². The van der Waals surface area contributed by atoms with E-state index >= 15 is 0 Å². The molecule has 1 atom stereocenters. The fraction of sp³-hybridized carbons (Fsp3) is 0.0541. The summed E-state index contributed by atoms with van der Waals surface area (Å²) in [6.07, 6.45) is 1.86. The molecule has 188 valence electrons. The van der Waals surface area contributed by atoms with Gasteiger partial charge in [0.25, 0.3) is 0 Å².